The molecule has 0 aliphatic rings. The van der Waals surface area contributed by atoms with E-state index in [4.69, 9.17) is 26.8 Å². The molecule has 3 N–H and O–H groups in total. The molecule has 7 heteroatoms. The van der Waals surface area contributed by atoms with E-state index >= 15 is 0 Å². The molecule has 138 valence electrons. The summed E-state index contributed by atoms with van der Waals surface area (Å²) in [4.78, 5) is 24.4. The van der Waals surface area contributed by atoms with Gasteiger partial charge in [0.2, 0.25) is 5.91 Å². The first kappa shape index (κ1) is 19.8. The number of carbonyl (C=O) groups excluding carboxylic acids is 2. The summed E-state index contributed by atoms with van der Waals surface area (Å²) >= 11 is 6.10. The van der Waals surface area contributed by atoms with Crippen molar-refractivity contribution in [3.05, 3.63) is 64.7 Å². The van der Waals surface area contributed by atoms with Gasteiger partial charge in [-0.2, -0.15) is 0 Å². The van der Waals surface area contributed by atoms with Gasteiger partial charge in [-0.05, 0) is 23.3 Å². The minimum atomic E-state index is -0.895. The molecule has 0 fully saturated rings. The SMILES string of the molecule is COc1ccc(C[C@H](NC(=O)[C@@H](OC)c2ccccc2)C(N)=O)cc1Cl. The first-order valence-corrected chi connectivity index (χ1v) is 8.34. The fraction of sp³-hybridized carbons (Fsp3) is 0.263. The molecule has 0 unspecified atom stereocenters. The van der Waals surface area contributed by atoms with Crippen LogP contribution in [-0.2, 0) is 20.7 Å². The molecule has 0 heterocycles. The summed E-state index contributed by atoms with van der Waals surface area (Å²) in [6.45, 7) is 0. The maximum atomic E-state index is 12.6. The molecule has 0 aliphatic carbocycles. The third-order valence-electron chi connectivity index (χ3n) is 3.89. The lowest BCUT2D eigenvalue weighted by atomic mass is 10.0. The Balaban J connectivity index is 2.13. The van der Waals surface area contributed by atoms with Crippen LogP contribution >= 0.6 is 11.6 Å². The second kappa shape index (κ2) is 9.22. The fourth-order valence-electron chi connectivity index (χ4n) is 2.57. The summed E-state index contributed by atoms with van der Waals surface area (Å²) in [6, 6.07) is 13.2. The third kappa shape index (κ3) is 4.97. The molecule has 0 spiro atoms. The van der Waals surface area contributed by atoms with E-state index < -0.39 is 24.0 Å². The number of ether oxygens (including phenoxy) is 2. The number of amides is 2. The molecule has 6 nitrogen and oxygen atoms in total. The van der Waals surface area contributed by atoms with E-state index in [9.17, 15) is 9.59 Å². The Morgan fingerprint density at radius 1 is 1.15 bits per heavy atom. The van der Waals surface area contributed by atoms with Crippen molar-refractivity contribution in [1.82, 2.24) is 5.32 Å². The van der Waals surface area contributed by atoms with Crippen molar-refractivity contribution in [2.45, 2.75) is 18.6 Å². The average molecular weight is 377 g/mol. The quantitative estimate of drug-likeness (QED) is 0.739. The van der Waals surface area contributed by atoms with E-state index in [2.05, 4.69) is 5.32 Å². The zero-order chi connectivity index (χ0) is 19.1. The summed E-state index contributed by atoms with van der Waals surface area (Å²) in [5.74, 6) is -0.561. The summed E-state index contributed by atoms with van der Waals surface area (Å²) in [6.07, 6.45) is -0.631. The van der Waals surface area contributed by atoms with E-state index in [0.717, 1.165) is 5.56 Å². The molecule has 2 aromatic rings. The molecule has 2 atom stereocenters. The molecule has 2 amide bonds. The van der Waals surface area contributed by atoms with Crippen LogP contribution in [-0.4, -0.2) is 32.1 Å². The predicted octanol–water partition coefficient (Wildman–Crippen LogP) is 2.25. The van der Waals surface area contributed by atoms with Crippen molar-refractivity contribution in [3.63, 3.8) is 0 Å². The topological polar surface area (TPSA) is 90.7 Å². The van der Waals surface area contributed by atoms with Crippen LogP contribution in [0.1, 0.15) is 17.2 Å². The summed E-state index contributed by atoms with van der Waals surface area (Å²) in [5, 5.41) is 3.07. The molecular formula is C19H21ClN2O4. The molecule has 0 saturated heterocycles. The highest BCUT2D eigenvalue weighted by atomic mass is 35.5. The molecule has 0 bridgehead atoms. The zero-order valence-corrected chi connectivity index (χ0v) is 15.3. The standard InChI is InChI=1S/C19H21ClN2O4/c1-25-16-9-8-12(10-14(16)20)11-15(18(21)23)22-19(24)17(26-2)13-6-4-3-5-7-13/h3-10,15,17H,11H2,1-2H3,(H2,21,23)(H,22,24)/t15-,17-/m0/s1. The highest BCUT2D eigenvalue weighted by Gasteiger charge is 2.25. The van der Waals surface area contributed by atoms with Crippen molar-refractivity contribution < 1.29 is 19.1 Å². The van der Waals surface area contributed by atoms with Gasteiger partial charge in [0.15, 0.2) is 6.10 Å². The number of benzene rings is 2. The van der Waals surface area contributed by atoms with Gasteiger partial charge >= 0.3 is 0 Å². The van der Waals surface area contributed by atoms with Crippen LogP contribution in [0.4, 0.5) is 0 Å². The fourth-order valence-corrected chi connectivity index (χ4v) is 2.85. The Morgan fingerprint density at radius 2 is 1.85 bits per heavy atom. The largest absolute Gasteiger partial charge is 0.495 e. The number of hydrogen-bond acceptors (Lipinski definition) is 4. The number of halogens is 1. The second-order valence-electron chi connectivity index (χ2n) is 5.66. The monoisotopic (exact) mass is 376 g/mol. The highest BCUT2D eigenvalue weighted by molar-refractivity contribution is 6.32. The van der Waals surface area contributed by atoms with Crippen molar-refractivity contribution >= 4 is 23.4 Å². The molecular weight excluding hydrogens is 356 g/mol. The lowest BCUT2D eigenvalue weighted by Gasteiger charge is -2.20. The number of methoxy groups -OCH3 is 2. The lowest BCUT2D eigenvalue weighted by molar-refractivity contribution is -0.134. The maximum Gasteiger partial charge on any atom is 0.254 e. The first-order chi connectivity index (χ1) is 12.5. The lowest BCUT2D eigenvalue weighted by Crippen LogP contribution is -2.47. The minimum absolute atomic E-state index is 0.204. The van der Waals surface area contributed by atoms with Crippen molar-refractivity contribution in [2.75, 3.05) is 14.2 Å². The van der Waals surface area contributed by atoms with Crippen LogP contribution in [0.3, 0.4) is 0 Å². The number of nitrogens with one attached hydrogen (secondary N) is 1. The van der Waals surface area contributed by atoms with Crippen LogP contribution in [0.5, 0.6) is 5.75 Å². The van der Waals surface area contributed by atoms with Gasteiger partial charge in [0.1, 0.15) is 11.8 Å². The zero-order valence-electron chi connectivity index (χ0n) is 14.6. The van der Waals surface area contributed by atoms with Gasteiger partial charge in [0.05, 0.1) is 12.1 Å². The summed E-state index contributed by atoms with van der Waals surface area (Å²) < 4.78 is 10.4. The molecule has 0 radical (unpaired) electrons. The van der Waals surface area contributed by atoms with Crippen LogP contribution in [0, 0.1) is 0 Å². The Bertz CT molecular complexity index is 767. The molecule has 0 aromatic heterocycles. The van der Waals surface area contributed by atoms with E-state index in [-0.39, 0.29) is 6.42 Å². The molecule has 26 heavy (non-hydrogen) atoms. The number of rotatable bonds is 8. The van der Waals surface area contributed by atoms with Gasteiger partial charge in [-0.25, -0.2) is 0 Å². The normalized spacial score (nSPS) is 12.9. The van der Waals surface area contributed by atoms with E-state index in [1.807, 2.05) is 6.07 Å². The van der Waals surface area contributed by atoms with Crippen molar-refractivity contribution in [1.29, 1.82) is 0 Å². The van der Waals surface area contributed by atoms with E-state index in [0.29, 0.717) is 16.3 Å². The van der Waals surface area contributed by atoms with Gasteiger partial charge in [-0.1, -0.05) is 48.0 Å². The highest BCUT2D eigenvalue weighted by Crippen LogP contribution is 2.25. The van der Waals surface area contributed by atoms with Gasteiger partial charge < -0.3 is 20.5 Å². The van der Waals surface area contributed by atoms with Crippen LogP contribution in [0.15, 0.2) is 48.5 Å². The first-order valence-electron chi connectivity index (χ1n) is 7.96. The number of primary amides is 1. The van der Waals surface area contributed by atoms with Crippen LogP contribution in [0.25, 0.3) is 0 Å². The third-order valence-corrected chi connectivity index (χ3v) is 4.19. The van der Waals surface area contributed by atoms with Gasteiger partial charge in [0.25, 0.3) is 5.91 Å². The van der Waals surface area contributed by atoms with Crippen molar-refractivity contribution in [3.8, 4) is 5.75 Å². The summed E-state index contributed by atoms with van der Waals surface area (Å²) in [5.41, 5.74) is 6.88. The van der Waals surface area contributed by atoms with Gasteiger partial charge in [-0.3, -0.25) is 9.59 Å². The average Bonchev–Trinajstić information content (AvgIpc) is 2.63. The summed E-state index contributed by atoms with van der Waals surface area (Å²) in [7, 11) is 2.95. The number of hydrogen-bond donors (Lipinski definition) is 2. The van der Waals surface area contributed by atoms with E-state index in [1.54, 1.807) is 42.5 Å². The maximum absolute atomic E-state index is 12.6. The van der Waals surface area contributed by atoms with Gasteiger partial charge in [-0.15, -0.1) is 0 Å². The van der Waals surface area contributed by atoms with Crippen molar-refractivity contribution in [2.24, 2.45) is 5.73 Å². The Labute approximate surface area is 157 Å². The Hall–Kier alpha value is -2.57. The van der Waals surface area contributed by atoms with Crippen LogP contribution < -0.4 is 15.8 Å². The number of nitrogens with two attached hydrogens (primary N) is 1. The minimum Gasteiger partial charge on any atom is -0.495 e. The number of carbonyl (C=O) groups is 2. The molecule has 2 rings (SSSR count). The smallest absolute Gasteiger partial charge is 0.254 e. The molecule has 0 saturated carbocycles. The van der Waals surface area contributed by atoms with E-state index in [1.165, 1.54) is 14.2 Å². The Morgan fingerprint density at radius 3 is 2.38 bits per heavy atom. The Kier molecular flexibility index (Phi) is 7.00. The molecule has 0 aliphatic heterocycles. The van der Waals surface area contributed by atoms with Crippen LogP contribution in [0.2, 0.25) is 5.02 Å². The molecule has 2 aromatic carbocycles. The second-order valence-corrected chi connectivity index (χ2v) is 6.07. The predicted molar refractivity (Wildman–Crippen MR) is 99.0 cm³/mol. The van der Waals surface area contributed by atoms with Gasteiger partial charge in [0, 0.05) is 13.5 Å².